The molecule has 1 heterocycles. The zero-order chi connectivity index (χ0) is 8.81. The molecule has 1 aliphatic rings. The highest BCUT2D eigenvalue weighted by molar-refractivity contribution is 7.80. The molecule has 0 aromatic carbocycles. The third-order valence-electron chi connectivity index (χ3n) is 2.54. The Morgan fingerprint density at radius 3 is 3.00 bits per heavy atom. The Kier molecular flexibility index (Phi) is 5.04. The Bertz CT molecular complexity index is 121. The summed E-state index contributed by atoms with van der Waals surface area (Å²) in [5, 5.41) is 8.76. The molecule has 0 bridgehead atoms. The van der Waals surface area contributed by atoms with Crippen LogP contribution < -0.4 is 0 Å². The molecular weight excluding hydrogens is 170 g/mol. The predicted molar refractivity (Wildman–Crippen MR) is 54.7 cm³/mol. The van der Waals surface area contributed by atoms with Crippen LogP contribution in [-0.2, 0) is 0 Å². The van der Waals surface area contributed by atoms with Gasteiger partial charge in [0.1, 0.15) is 0 Å². The molecule has 12 heavy (non-hydrogen) atoms. The van der Waals surface area contributed by atoms with Gasteiger partial charge in [0.05, 0.1) is 0 Å². The summed E-state index contributed by atoms with van der Waals surface area (Å²) in [5.41, 5.74) is 0. The Balaban J connectivity index is 2.08. The second-order valence-electron chi connectivity index (χ2n) is 3.54. The van der Waals surface area contributed by atoms with Gasteiger partial charge in [-0.15, -0.1) is 0 Å². The standard InChI is InChI=1S/C9H19NOS/c11-6-3-9-2-5-10(8-9)4-1-7-12/h9,11-12H,1-8H2. The lowest BCUT2D eigenvalue weighted by molar-refractivity contribution is 0.251. The Labute approximate surface area is 80.4 Å². The van der Waals surface area contributed by atoms with Crippen molar-refractivity contribution in [2.45, 2.75) is 19.3 Å². The molecule has 1 fully saturated rings. The van der Waals surface area contributed by atoms with E-state index >= 15 is 0 Å². The molecule has 0 aromatic rings. The molecule has 0 saturated carbocycles. The van der Waals surface area contributed by atoms with Crippen molar-refractivity contribution in [1.82, 2.24) is 4.90 Å². The topological polar surface area (TPSA) is 23.5 Å². The van der Waals surface area contributed by atoms with Gasteiger partial charge in [0.2, 0.25) is 0 Å². The number of likely N-dealkylation sites (tertiary alicyclic amines) is 1. The van der Waals surface area contributed by atoms with Crippen molar-refractivity contribution in [3.63, 3.8) is 0 Å². The average Bonchev–Trinajstić information content (AvgIpc) is 2.50. The second kappa shape index (κ2) is 5.84. The number of hydrogen-bond acceptors (Lipinski definition) is 3. The molecule has 0 radical (unpaired) electrons. The first kappa shape index (κ1) is 10.4. The lowest BCUT2D eigenvalue weighted by Gasteiger charge is -2.14. The first-order chi connectivity index (χ1) is 5.86. The van der Waals surface area contributed by atoms with Gasteiger partial charge in [0.15, 0.2) is 0 Å². The molecule has 1 unspecified atom stereocenters. The molecule has 1 rings (SSSR count). The van der Waals surface area contributed by atoms with Crippen LogP contribution >= 0.6 is 12.6 Å². The summed E-state index contributed by atoms with van der Waals surface area (Å²) in [4.78, 5) is 2.48. The molecule has 2 nitrogen and oxygen atoms in total. The van der Waals surface area contributed by atoms with Gasteiger partial charge >= 0.3 is 0 Å². The lowest BCUT2D eigenvalue weighted by atomic mass is 10.1. The minimum atomic E-state index is 0.352. The largest absolute Gasteiger partial charge is 0.396 e. The van der Waals surface area contributed by atoms with Gasteiger partial charge < -0.3 is 10.0 Å². The molecule has 0 aromatic heterocycles. The quantitative estimate of drug-likeness (QED) is 0.631. The van der Waals surface area contributed by atoms with Crippen molar-refractivity contribution in [3.05, 3.63) is 0 Å². The molecule has 1 saturated heterocycles. The van der Waals surface area contributed by atoms with Crippen LogP contribution in [0.3, 0.4) is 0 Å². The fraction of sp³-hybridized carbons (Fsp3) is 1.00. The maximum Gasteiger partial charge on any atom is 0.0434 e. The highest BCUT2D eigenvalue weighted by atomic mass is 32.1. The minimum Gasteiger partial charge on any atom is -0.396 e. The number of aliphatic hydroxyl groups is 1. The van der Waals surface area contributed by atoms with Crippen LogP contribution in [0.1, 0.15) is 19.3 Å². The van der Waals surface area contributed by atoms with Crippen LogP contribution in [0.15, 0.2) is 0 Å². The number of aliphatic hydroxyl groups excluding tert-OH is 1. The minimum absolute atomic E-state index is 0.352. The van der Waals surface area contributed by atoms with Crippen LogP contribution in [-0.4, -0.2) is 42.0 Å². The summed E-state index contributed by atoms with van der Waals surface area (Å²) in [6, 6.07) is 0. The van der Waals surface area contributed by atoms with E-state index in [2.05, 4.69) is 17.5 Å². The number of thiol groups is 1. The average molecular weight is 189 g/mol. The maximum absolute atomic E-state index is 8.76. The number of nitrogens with zero attached hydrogens (tertiary/aromatic N) is 1. The van der Waals surface area contributed by atoms with E-state index in [9.17, 15) is 0 Å². The zero-order valence-corrected chi connectivity index (χ0v) is 8.47. The zero-order valence-electron chi connectivity index (χ0n) is 7.58. The third kappa shape index (κ3) is 3.33. The second-order valence-corrected chi connectivity index (χ2v) is 3.99. The Morgan fingerprint density at radius 1 is 1.50 bits per heavy atom. The summed E-state index contributed by atoms with van der Waals surface area (Å²) in [6.07, 6.45) is 3.44. The van der Waals surface area contributed by atoms with Crippen molar-refractivity contribution in [1.29, 1.82) is 0 Å². The lowest BCUT2D eigenvalue weighted by Crippen LogP contribution is -2.22. The molecule has 1 aliphatic heterocycles. The summed E-state index contributed by atoms with van der Waals surface area (Å²) in [7, 11) is 0. The first-order valence-corrected chi connectivity index (χ1v) is 5.44. The van der Waals surface area contributed by atoms with Gasteiger partial charge in [-0.05, 0) is 44.0 Å². The fourth-order valence-corrected chi connectivity index (χ4v) is 1.97. The summed E-state index contributed by atoms with van der Waals surface area (Å²) < 4.78 is 0. The third-order valence-corrected chi connectivity index (χ3v) is 2.86. The molecule has 0 aliphatic carbocycles. The smallest absolute Gasteiger partial charge is 0.0434 e. The van der Waals surface area contributed by atoms with E-state index in [1.807, 2.05) is 0 Å². The molecule has 1 N–H and O–H groups in total. The SMILES string of the molecule is OCCC1CCN(CCCS)C1. The van der Waals surface area contributed by atoms with Crippen molar-refractivity contribution < 1.29 is 5.11 Å². The Hall–Kier alpha value is 0.270. The summed E-state index contributed by atoms with van der Waals surface area (Å²) in [6.45, 7) is 3.95. The van der Waals surface area contributed by atoms with Gasteiger partial charge in [0, 0.05) is 13.2 Å². The predicted octanol–water partition coefficient (Wildman–Crippen LogP) is 1.01. The van der Waals surface area contributed by atoms with E-state index in [1.54, 1.807) is 0 Å². The van der Waals surface area contributed by atoms with E-state index in [1.165, 1.54) is 32.5 Å². The molecule has 0 amide bonds. The maximum atomic E-state index is 8.76. The van der Waals surface area contributed by atoms with Gasteiger partial charge in [-0.3, -0.25) is 0 Å². The molecule has 1 atom stereocenters. The van der Waals surface area contributed by atoms with Crippen molar-refractivity contribution in [3.8, 4) is 0 Å². The van der Waals surface area contributed by atoms with Gasteiger partial charge in [-0.1, -0.05) is 0 Å². The fourth-order valence-electron chi connectivity index (χ4n) is 1.83. The van der Waals surface area contributed by atoms with Crippen molar-refractivity contribution in [2.24, 2.45) is 5.92 Å². The van der Waals surface area contributed by atoms with Crippen LogP contribution in [0.5, 0.6) is 0 Å². The van der Waals surface area contributed by atoms with Crippen LogP contribution in [0, 0.1) is 5.92 Å². The molecule has 3 heteroatoms. The number of hydrogen-bond donors (Lipinski definition) is 2. The normalized spacial score (nSPS) is 25.0. The van der Waals surface area contributed by atoms with E-state index in [0.717, 1.165) is 18.1 Å². The molecule has 0 spiro atoms. The van der Waals surface area contributed by atoms with Crippen molar-refractivity contribution >= 4 is 12.6 Å². The highest BCUT2D eigenvalue weighted by Gasteiger charge is 2.20. The van der Waals surface area contributed by atoms with Gasteiger partial charge in [0.25, 0.3) is 0 Å². The summed E-state index contributed by atoms with van der Waals surface area (Å²) >= 11 is 4.19. The van der Waals surface area contributed by atoms with E-state index in [-0.39, 0.29) is 0 Å². The van der Waals surface area contributed by atoms with Crippen LogP contribution in [0.4, 0.5) is 0 Å². The first-order valence-electron chi connectivity index (χ1n) is 4.81. The highest BCUT2D eigenvalue weighted by Crippen LogP contribution is 2.18. The molecular formula is C9H19NOS. The summed E-state index contributed by atoms with van der Waals surface area (Å²) in [5.74, 6) is 1.73. The van der Waals surface area contributed by atoms with E-state index < -0.39 is 0 Å². The van der Waals surface area contributed by atoms with Gasteiger partial charge in [-0.2, -0.15) is 12.6 Å². The van der Waals surface area contributed by atoms with Crippen LogP contribution in [0.25, 0.3) is 0 Å². The molecule has 72 valence electrons. The Morgan fingerprint density at radius 2 is 2.33 bits per heavy atom. The van der Waals surface area contributed by atoms with E-state index in [0.29, 0.717) is 6.61 Å². The monoisotopic (exact) mass is 189 g/mol. The van der Waals surface area contributed by atoms with E-state index in [4.69, 9.17) is 5.11 Å². The van der Waals surface area contributed by atoms with Gasteiger partial charge in [-0.25, -0.2) is 0 Å². The number of rotatable bonds is 5. The van der Waals surface area contributed by atoms with Crippen LogP contribution in [0.2, 0.25) is 0 Å². The van der Waals surface area contributed by atoms with Crippen molar-refractivity contribution in [2.75, 3.05) is 32.0 Å².